The lowest BCUT2D eigenvalue weighted by atomic mass is 10.1. The molecule has 0 atom stereocenters. The minimum Gasteiger partial charge on any atom is -0.466 e. The third kappa shape index (κ3) is 4.35. The van der Waals surface area contributed by atoms with E-state index in [1.807, 2.05) is 30.3 Å². The number of esters is 1. The SMILES string of the molecule is CCOC(=O)CCCNC(=O)c1c(-c2ccccc2)nn(C)c1Cl. The lowest BCUT2D eigenvalue weighted by molar-refractivity contribution is -0.143. The molecular weight excluding hydrogens is 330 g/mol. The largest absolute Gasteiger partial charge is 0.466 e. The van der Waals surface area contributed by atoms with E-state index in [0.717, 1.165) is 5.56 Å². The number of hydrogen-bond acceptors (Lipinski definition) is 4. The number of nitrogens with zero attached hydrogens (tertiary/aromatic N) is 2. The molecule has 1 amide bonds. The van der Waals surface area contributed by atoms with Crippen molar-refractivity contribution in [1.82, 2.24) is 15.1 Å². The molecule has 1 aromatic carbocycles. The highest BCUT2D eigenvalue weighted by Gasteiger charge is 2.22. The third-order valence-electron chi connectivity index (χ3n) is 3.40. The molecule has 0 saturated carbocycles. The molecule has 0 spiro atoms. The van der Waals surface area contributed by atoms with Crippen LogP contribution in [0.15, 0.2) is 30.3 Å². The zero-order chi connectivity index (χ0) is 17.5. The molecular formula is C17H20ClN3O3. The van der Waals surface area contributed by atoms with Crippen LogP contribution in [0.2, 0.25) is 5.15 Å². The normalized spacial score (nSPS) is 10.5. The van der Waals surface area contributed by atoms with Gasteiger partial charge < -0.3 is 10.1 Å². The van der Waals surface area contributed by atoms with Crippen LogP contribution in [0.4, 0.5) is 0 Å². The van der Waals surface area contributed by atoms with Crippen LogP contribution in [0.25, 0.3) is 11.3 Å². The maximum atomic E-state index is 12.5. The number of nitrogens with one attached hydrogen (secondary N) is 1. The fraction of sp³-hybridized carbons (Fsp3) is 0.353. The fourth-order valence-corrected chi connectivity index (χ4v) is 2.47. The molecule has 0 bridgehead atoms. The smallest absolute Gasteiger partial charge is 0.305 e. The monoisotopic (exact) mass is 349 g/mol. The molecule has 2 aromatic rings. The molecule has 7 heteroatoms. The van der Waals surface area contributed by atoms with Crippen molar-refractivity contribution in [3.8, 4) is 11.3 Å². The van der Waals surface area contributed by atoms with Gasteiger partial charge in [0.25, 0.3) is 5.91 Å². The molecule has 0 aliphatic rings. The van der Waals surface area contributed by atoms with E-state index < -0.39 is 0 Å². The van der Waals surface area contributed by atoms with E-state index in [1.165, 1.54) is 4.68 Å². The van der Waals surface area contributed by atoms with Gasteiger partial charge in [-0.05, 0) is 13.3 Å². The minimum atomic E-state index is -0.309. The average molecular weight is 350 g/mol. The van der Waals surface area contributed by atoms with Crippen LogP contribution in [-0.4, -0.2) is 34.8 Å². The lowest BCUT2D eigenvalue weighted by Crippen LogP contribution is -2.25. The second kappa shape index (κ2) is 8.49. The van der Waals surface area contributed by atoms with E-state index in [0.29, 0.717) is 30.8 Å². The number of benzene rings is 1. The molecule has 1 N–H and O–H groups in total. The summed E-state index contributed by atoms with van der Waals surface area (Å²) in [6.07, 6.45) is 0.767. The summed E-state index contributed by atoms with van der Waals surface area (Å²) < 4.78 is 6.32. The van der Waals surface area contributed by atoms with Crippen molar-refractivity contribution >= 4 is 23.5 Å². The molecule has 1 heterocycles. The van der Waals surface area contributed by atoms with E-state index in [4.69, 9.17) is 16.3 Å². The molecule has 6 nitrogen and oxygen atoms in total. The molecule has 0 aliphatic carbocycles. The molecule has 1 aromatic heterocycles. The zero-order valence-corrected chi connectivity index (χ0v) is 14.5. The Morgan fingerprint density at radius 3 is 2.67 bits per heavy atom. The van der Waals surface area contributed by atoms with Gasteiger partial charge in [-0.2, -0.15) is 5.10 Å². The van der Waals surface area contributed by atoms with E-state index >= 15 is 0 Å². The van der Waals surface area contributed by atoms with Gasteiger partial charge >= 0.3 is 5.97 Å². The van der Waals surface area contributed by atoms with Gasteiger partial charge in [0.2, 0.25) is 0 Å². The van der Waals surface area contributed by atoms with Crippen molar-refractivity contribution in [2.75, 3.05) is 13.2 Å². The van der Waals surface area contributed by atoms with Crippen LogP contribution < -0.4 is 5.32 Å². The first-order valence-corrected chi connectivity index (χ1v) is 8.14. The Morgan fingerprint density at radius 1 is 1.29 bits per heavy atom. The van der Waals surface area contributed by atoms with E-state index in [9.17, 15) is 9.59 Å². The van der Waals surface area contributed by atoms with E-state index in [1.54, 1.807) is 14.0 Å². The van der Waals surface area contributed by atoms with Gasteiger partial charge in [0.1, 0.15) is 16.4 Å². The lowest BCUT2D eigenvalue weighted by Gasteiger charge is -2.06. The third-order valence-corrected chi connectivity index (χ3v) is 3.83. The Kier molecular flexibility index (Phi) is 6.37. The van der Waals surface area contributed by atoms with Gasteiger partial charge in [-0.1, -0.05) is 41.9 Å². The number of carbonyl (C=O) groups excluding carboxylic acids is 2. The molecule has 24 heavy (non-hydrogen) atoms. The highest BCUT2D eigenvalue weighted by atomic mass is 35.5. The van der Waals surface area contributed by atoms with Crippen molar-refractivity contribution in [2.45, 2.75) is 19.8 Å². The summed E-state index contributed by atoms with van der Waals surface area (Å²) in [6, 6.07) is 9.38. The Morgan fingerprint density at radius 2 is 2.00 bits per heavy atom. The van der Waals surface area contributed by atoms with Crippen molar-refractivity contribution in [3.05, 3.63) is 41.0 Å². The highest BCUT2D eigenvalue weighted by molar-refractivity contribution is 6.33. The quantitative estimate of drug-likeness (QED) is 0.616. The number of aromatic nitrogens is 2. The second-order valence-electron chi connectivity index (χ2n) is 5.17. The maximum absolute atomic E-state index is 12.5. The Labute approximate surface area is 145 Å². The Balaban J connectivity index is 2.06. The highest BCUT2D eigenvalue weighted by Crippen LogP contribution is 2.28. The molecule has 128 valence electrons. The number of ether oxygens (including phenoxy) is 1. The van der Waals surface area contributed by atoms with Crippen molar-refractivity contribution < 1.29 is 14.3 Å². The number of hydrogen-bond donors (Lipinski definition) is 1. The van der Waals surface area contributed by atoms with E-state index in [-0.39, 0.29) is 23.5 Å². The number of carbonyl (C=O) groups is 2. The standard InChI is InChI=1S/C17H20ClN3O3/c1-3-24-13(22)10-7-11-19-17(23)14-15(20-21(2)16(14)18)12-8-5-4-6-9-12/h4-6,8-9H,3,7,10-11H2,1-2H3,(H,19,23). The van der Waals surface area contributed by atoms with E-state index in [2.05, 4.69) is 10.4 Å². The number of rotatable bonds is 7. The summed E-state index contributed by atoms with van der Waals surface area (Å²) in [4.78, 5) is 23.8. The summed E-state index contributed by atoms with van der Waals surface area (Å²) >= 11 is 6.23. The summed E-state index contributed by atoms with van der Waals surface area (Å²) in [7, 11) is 1.69. The van der Waals surface area contributed by atoms with Crippen LogP contribution in [0.5, 0.6) is 0 Å². The number of aryl methyl sites for hydroxylation is 1. The van der Waals surface area contributed by atoms with Gasteiger partial charge in [0, 0.05) is 25.6 Å². The average Bonchev–Trinajstić information content (AvgIpc) is 2.88. The molecule has 0 radical (unpaired) electrons. The predicted molar refractivity (Wildman–Crippen MR) is 91.9 cm³/mol. The summed E-state index contributed by atoms with van der Waals surface area (Å²) in [5.41, 5.74) is 1.68. The van der Waals surface area contributed by atoms with Gasteiger partial charge in [-0.3, -0.25) is 14.3 Å². The molecule has 0 aliphatic heterocycles. The predicted octanol–water partition coefficient (Wildman–Crippen LogP) is 2.81. The fourth-order valence-electron chi connectivity index (χ4n) is 2.26. The Hall–Kier alpha value is -2.34. The van der Waals surface area contributed by atoms with Crippen LogP contribution in [0, 0.1) is 0 Å². The minimum absolute atomic E-state index is 0.264. The first-order chi connectivity index (χ1) is 11.5. The maximum Gasteiger partial charge on any atom is 0.305 e. The van der Waals surface area contributed by atoms with Crippen molar-refractivity contribution in [1.29, 1.82) is 0 Å². The topological polar surface area (TPSA) is 73.2 Å². The van der Waals surface area contributed by atoms with Crippen molar-refractivity contribution in [2.24, 2.45) is 7.05 Å². The van der Waals surface area contributed by atoms with Gasteiger partial charge in [0.05, 0.1) is 6.61 Å². The number of halogens is 1. The second-order valence-corrected chi connectivity index (χ2v) is 5.53. The van der Waals surface area contributed by atoms with Crippen LogP contribution >= 0.6 is 11.6 Å². The van der Waals surface area contributed by atoms with Crippen LogP contribution in [-0.2, 0) is 16.6 Å². The summed E-state index contributed by atoms with van der Waals surface area (Å²) in [5, 5.41) is 7.38. The molecule has 0 unspecified atom stereocenters. The molecule has 0 fully saturated rings. The molecule has 0 saturated heterocycles. The first-order valence-electron chi connectivity index (χ1n) is 7.76. The van der Waals surface area contributed by atoms with Gasteiger partial charge in [0.15, 0.2) is 0 Å². The van der Waals surface area contributed by atoms with Crippen LogP contribution in [0.3, 0.4) is 0 Å². The summed E-state index contributed by atoms with van der Waals surface area (Å²) in [5.74, 6) is -0.577. The van der Waals surface area contributed by atoms with Crippen molar-refractivity contribution in [3.63, 3.8) is 0 Å². The van der Waals surface area contributed by atoms with Gasteiger partial charge in [-0.15, -0.1) is 0 Å². The Bertz CT molecular complexity index is 713. The van der Waals surface area contributed by atoms with Crippen LogP contribution in [0.1, 0.15) is 30.1 Å². The van der Waals surface area contributed by atoms with Gasteiger partial charge in [-0.25, -0.2) is 0 Å². The summed E-state index contributed by atoms with van der Waals surface area (Å²) in [6.45, 7) is 2.48. The first kappa shape index (κ1) is 18.0. The zero-order valence-electron chi connectivity index (χ0n) is 13.7. The molecule has 2 rings (SSSR count). The number of amides is 1.